The van der Waals surface area contributed by atoms with Gasteiger partial charge in [-0.2, -0.15) is 0 Å². The smallest absolute Gasteiger partial charge is 0.250 e. The Hall–Kier alpha value is -3.88. The third-order valence-electron chi connectivity index (χ3n) is 9.08. The number of hydrogen-bond donors (Lipinski definition) is 4. The Morgan fingerprint density at radius 3 is 1.75 bits per heavy atom. The van der Waals surface area contributed by atoms with Crippen LogP contribution in [0.25, 0.3) is 21.8 Å². The summed E-state index contributed by atoms with van der Waals surface area (Å²) in [5.41, 5.74) is 21.5. The van der Waals surface area contributed by atoms with E-state index in [0.717, 1.165) is 79.6 Å². The quantitative estimate of drug-likeness (QED) is 0.135. The Morgan fingerprint density at radius 2 is 1.29 bits per heavy atom. The summed E-state index contributed by atoms with van der Waals surface area (Å²) in [5.74, 6) is 0.239. The first-order chi connectivity index (χ1) is 24.6. The normalized spacial score (nSPS) is 20.3. The first kappa shape index (κ1) is 39.9. The molecule has 0 radical (unpaired) electrons. The molecule has 6 rings (SSSR count). The molecule has 4 heterocycles. The van der Waals surface area contributed by atoms with Gasteiger partial charge in [0.25, 0.3) is 11.8 Å². The summed E-state index contributed by atoms with van der Waals surface area (Å²) >= 11 is 3.18. The van der Waals surface area contributed by atoms with Gasteiger partial charge in [0.05, 0.1) is 35.4 Å². The van der Waals surface area contributed by atoms with E-state index in [1.54, 1.807) is 38.7 Å². The predicted octanol–water partition coefficient (Wildman–Crippen LogP) is 4.32. The van der Waals surface area contributed by atoms with Crippen LogP contribution in [0.3, 0.4) is 0 Å². The van der Waals surface area contributed by atoms with Gasteiger partial charge in [0, 0.05) is 98.9 Å². The molecule has 4 aromatic rings. The van der Waals surface area contributed by atoms with E-state index < -0.39 is 11.8 Å². The minimum absolute atomic E-state index is 0.177. The Bertz CT molecular complexity index is 1730. The van der Waals surface area contributed by atoms with Gasteiger partial charge in [0.15, 0.2) is 0 Å². The Morgan fingerprint density at radius 1 is 0.784 bits per heavy atom. The van der Waals surface area contributed by atoms with E-state index in [1.807, 2.05) is 36.4 Å². The number of piperidine rings is 2. The number of hydrogen-bond acceptors (Lipinski definition) is 10. The summed E-state index contributed by atoms with van der Waals surface area (Å²) in [6, 6.07) is 15.9. The molecule has 2 amide bonds. The van der Waals surface area contributed by atoms with Crippen LogP contribution in [-0.2, 0) is 9.47 Å². The van der Waals surface area contributed by atoms with Crippen LogP contribution in [0.4, 0.5) is 11.4 Å². The van der Waals surface area contributed by atoms with Gasteiger partial charge in [-0.05, 0) is 73.2 Å². The molecule has 276 valence electrons. The van der Waals surface area contributed by atoms with E-state index in [-0.39, 0.29) is 6.04 Å². The summed E-state index contributed by atoms with van der Waals surface area (Å²) in [6.45, 7) is 10.6. The molecule has 2 aliphatic rings. The van der Waals surface area contributed by atoms with Crippen molar-refractivity contribution in [1.29, 1.82) is 0 Å². The molecule has 0 aliphatic carbocycles. The lowest BCUT2D eigenvalue weighted by molar-refractivity contribution is 0.0993. The maximum atomic E-state index is 11.7. The van der Waals surface area contributed by atoms with Crippen LogP contribution in [0.1, 0.15) is 47.4 Å². The minimum atomic E-state index is -0.450. The number of carbonyl (C=O) groups is 2. The number of fused-ring (bicyclic) bond motifs is 2. The predicted molar refractivity (Wildman–Crippen MR) is 210 cm³/mol. The van der Waals surface area contributed by atoms with Crippen molar-refractivity contribution in [3.05, 3.63) is 72.1 Å². The fourth-order valence-corrected chi connectivity index (χ4v) is 7.32. The third kappa shape index (κ3) is 10.8. The van der Waals surface area contributed by atoms with Gasteiger partial charge in [-0.25, -0.2) is 0 Å². The van der Waals surface area contributed by atoms with E-state index in [1.165, 1.54) is 0 Å². The van der Waals surface area contributed by atoms with Crippen molar-refractivity contribution < 1.29 is 19.1 Å². The fraction of sp³-hybridized carbons (Fsp3) is 0.474. The van der Waals surface area contributed by atoms with Gasteiger partial charge in [-0.3, -0.25) is 19.6 Å². The number of pyridine rings is 2. The Kier molecular flexibility index (Phi) is 15.4. The number of halogens is 1. The first-order valence-electron chi connectivity index (χ1n) is 17.5. The molecule has 0 unspecified atom stereocenters. The molecule has 7 N–H and O–H groups in total. The average molecular weight is 766 g/mol. The number of nitrogens with zero attached hydrogens (tertiary/aromatic N) is 4. The number of aromatic nitrogens is 2. The van der Waals surface area contributed by atoms with Gasteiger partial charge in [-0.1, -0.05) is 29.8 Å². The summed E-state index contributed by atoms with van der Waals surface area (Å²) in [5, 5.41) is 6.44. The van der Waals surface area contributed by atoms with Crippen LogP contribution in [0.15, 0.2) is 60.9 Å². The number of nitrogens with two attached hydrogens (primary N) is 3. The van der Waals surface area contributed by atoms with Gasteiger partial charge < -0.3 is 41.8 Å². The monoisotopic (exact) mass is 764 g/mol. The fourth-order valence-electron chi connectivity index (χ4n) is 7.00. The summed E-state index contributed by atoms with van der Waals surface area (Å²) < 4.78 is 9.78. The largest absolute Gasteiger partial charge is 0.384 e. The highest BCUT2D eigenvalue weighted by molar-refractivity contribution is 9.09. The number of nitrogens with one attached hydrogen (secondary N) is 1. The van der Waals surface area contributed by atoms with Gasteiger partial charge in [-0.15, -0.1) is 0 Å². The number of anilines is 2. The van der Waals surface area contributed by atoms with Crippen LogP contribution in [0.2, 0.25) is 0 Å². The van der Waals surface area contributed by atoms with Gasteiger partial charge in [0.1, 0.15) is 0 Å². The van der Waals surface area contributed by atoms with E-state index in [9.17, 15) is 9.59 Å². The molecule has 0 bridgehead atoms. The van der Waals surface area contributed by atoms with Crippen molar-refractivity contribution in [1.82, 2.24) is 15.3 Å². The van der Waals surface area contributed by atoms with Gasteiger partial charge >= 0.3 is 0 Å². The molecule has 0 spiro atoms. The minimum Gasteiger partial charge on any atom is -0.384 e. The highest BCUT2D eigenvalue weighted by atomic mass is 79.9. The standard InChI is InChI=1S/C19H26N4O2.C16H20N4O.C3H7BrO/c1-13-10-14(21-8-9-25-2)12-23(11-13)17-6-5-16(19(20)24)18-15(17)4-3-7-22-18;1-10-7-11(17)9-20(8-10)14-5-4-13(16(18)21)15-12(14)3-2-6-19-15;1-5-3-2-4/h3-7,13-14,21H,8-12H2,1-2H3,(H2,20,24);2-6,10-11H,7-9,17H2,1H3,(H2,18,21);2-3H2,1H3/t13-,14+;10-,11+;/m00./s1. The van der Waals surface area contributed by atoms with Crippen molar-refractivity contribution in [2.24, 2.45) is 29.0 Å². The molecule has 2 aromatic heterocycles. The maximum absolute atomic E-state index is 11.7. The molecule has 2 aromatic carbocycles. The van der Waals surface area contributed by atoms with Crippen molar-refractivity contribution in [2.45, 2.75) is 38.8 Å². The van der Waals surface area contributed by atoms with E-state index in [4.69, 9.17) is 21.9 Å². The number of rotatable bonds is 10. The maximum Gasteiger partial charge on any atom is 0.250 e. The highest BCUT2D eigenvalue weighted by Crippen LogP contribution is 2.32. The van der Waals surface area contributed by atoms with Crippen LogP contribution < -0.4 is 32.3 Å². The second-order valence-corrected chi connectivity index (χ2v) is 14.2. The van der Waals surface area contributed by atoms with E-state index in [0.29, 0.717) is 46.6 Å². The Labute approximate surface area is 309 Å². The highest BCUT2D eigenvalue weighted by Gasteiger charge is 2.27. The summed E-state index contributed by atoms with van der Waals surface area (Å²) in [6.07, 6.45) is 5.58. The number of primary amides is 2. The second-order valence-electron chi connectivity index (χ2n) is 13.4. The zero-order valence-electron chi connectivity index (χ0n) is 30.2. The zero-order valence-corrected chi connectivity index (χ0v) is 31.8. The lowest BCUT2D eigenvalue weighted by Crippen LogP contribution is -2.49. The van der Waals surface area contributed by atoms with Crippen LogP contribution >= 0.6 is 15.9 Å². The SMILES string of the molecule is COCCBr.COCCN[C@@H]1C[C@H](C)CN(c2ccc(C(N)=O)c3ncccc23)C1.C[C@H]1C[C@@H](N)CN(c2ccc(C(N)=O)c3ncccc23)C1. The molecule has 2 aliphatic heterocycles. The topological polar surface area (TPSA) is 175 Å². The molecular formula is C38H53BrN8O4. The molecule has 2 saturated heterocycles. The number of alkyl halides is 1. The molecule has 2 fully saturated rings. The zero-order chi connectivity index (χ0) is 36.9. The number of carbonyl (C=O) groups excluding carboxylic acids is 2. The van der Waals surface area contributed by atoms with E-state index >= 15 is 0 Å². The lowest BCUT2D eigenvalue weighted by Gasteiger charge is -2.39. The molecular weight excluding hydrogens is 712 g/mol. The van der Waals surface area contributed by atoms with Crippen molar-refractivity contribution in [2.75, 3.05) is 75.3 Å². The Balaban J connectivity index is 0.000000204. The average Bonchev–Trinajstić information content (AvgIpc) is 3.11. The molecule has 13 heteroatoms. The second kappa shape index (κ2) is 19.7. The number of amides is 2. The van der Waals surface area contributed by atoms with Crippen molar-refractivity contribution in [3.63, 3.8) is 0 Å². The third-order valence-corrected chi connectivity index (χ3v) is 9.40. The summed E-state index contributed by atoms with van der Waals surface area (Å²) in [7, 11) is 3.40. The molecule has 4 atom stereocenters. The van der Waals surface area contributed by atoms with E-state index in [2.05, 4.69) is 59.6 Å². The lowest BCUT2D eigenvalue weighted by atomic mass is 9.94. The van der Waals surface area contributed by atoms with Gasteiger partial charge in [0.2, 0.25) is 0 Å². The number of ether oxygens (including phenoxy) is 2. The molecule has 51 heavy (non-hydrogen) atoms. The molecule has 12 nitrogen and oxygen atoms in total. The summed E-state index contributed by atoms with van der Waals surface area (Å²) in [4.78, 5) is 36.7. The van der Waals surface area contributed by atoms with Crippen LogP contribution in [0.5, 0.6) is 0 Å². The van der Waals surface area contributed by atoms with Crippen molar-refractivity contribution >= 4 is 60.9 Å². The first-order valence-corrected chi connectivity index (χ1v) is 18.6. The van der Waals surface area contributed by atoms with Crippen molar-refractivity contribution in [3.8, 4) is 0 Å². The van der Waals surface area contributed by atoms with Crippen LogP contribution in [-0.4, -0.2) is 99.4 Å². The number of methoxy groups -OCH3 is 2. The number of benzene rings is 2. The van der Waals surface area contributed by atoms with Crippen LogP contribution in [0, 0.1) is 11.8 Å². The molecule has 0 saturated carbocycles.